The Morgan fingerprint density at radius 3 is 2.53 bits per heavy atom. The van der Waals surface area contributed by atoms with E-state index in [0.717, 1.165) is 37.7 Å². The molecule has 2 heterocycles. The van der Waals surface area contributed by atoms with Crippen molar-refractivity contribution >= 4 is 41.0 Å². The standard InChI is InChI=1S/C26H32N4O3.ClH/c31-24(27-11-1-2-12-30-13-3-4-14-30)22-18-6-7-19(26(18)9-10-26)23(22)25(32)29-17-5-8-20-21(15-17)33-16-28-20;/h5-8,15-16,18-19,22-23H,1-4,9-14H2,(H,27,31)(H,29,32);1H/t18-,19+,22-,23-;/m1./s1. The van der Waals surface area contributed by atoms with Gasteiger partial charge >= 0.3 is 0 Å². The van der Waals surface area contributed by atoms with Gasteiger partial charge in [-0.2, -0.15) is 0 Å². The number of benzene rings is 1. The fourth-order valence-electron chi connectivity index (χ4n) is 6.66. The predicted octanol–water partition coefficient (Wildman–Crippen LogP) is 4.01. The van der Waals surface area contributed by atoms with Crippen LogP contribution in [0.2, 0.25) is 0 Å². The molecular formula is C26H33ClN4O3. The average molecular weight is 485 g/mol. The lowest BCUT2D eigenvalue weighted by molar-refractivity contribution is -0.132. The van der Waals surface area contributed by atoms with E-state index in [1.54, 1.807) is 6.07 Å². The molecule has 4 aliphatic rings. The minimum atomic E-state index is -0.322. The Hall–Kier alpha value is -2.38. The second-order valence-corrected chi connectivity index (χ2v) is 10.3. The summed E-state index contributed by atoms with van der Waals surface area (Å²) in [6.45, 7) is 4.24. The van der Waals surface area contributed by atoms with Crippen molar-refractivity contribution in [3.63, 3.8) is 0 Å². The zero-order valence-electron chi connectivity index (χ0n) is 19.4. The number of hydrogen-bond donors (Lipinski definition) is 2. The largest absolute Gasteiger partial charge is 0.443 e. The lowest BCUT2D eigenvalue weighted by Crippen LogP contribution is -2.42. The van der Waals surface area contributed by atoms with Gasteiger partial charge < -0.3 is 20.0 Å². The molecule has 2 saturated carbocycles. The van der Waals surface area contributed by atoms with Crippen molar-refractivity contribution in [1.82, 2.24) is 15.2 Å². The van der Waals surface area contributed by atoms with E-state index in [0.29, 0.717) is 17.8 Å². The first-order chi connectivity index (χ1) is 16.2. The number of unbranched alkanes of at least 4 members (excludes halogenated alkanes) is 1. The number of oxazole rings is 1. The number of nitrogens with zero attached hydrogens (tertiary/aromatic N) is 2. The van der Waals surface area contributed by atoms with Crippen LogP contribution in [0.15, 0.2) is 41.2 Å². The molecule has 2 aromatic rings. The van der Waals surface area contributed by atoms with Crippen LogP contribution >= 0.6 is 12.4 Å². The topological polar surface area (TPSA) is 87.5 Å². The number of fused-ring (bicyclic) bond motifs is 1. The lowest BCUT2D eigenvalue weighted by atomic mass is 9.81. The van der Waals surface area contributed by atoms with Crippen molar-refractivity contribution in [1.29, 1.82) is 0 Å². The molecule has 2 bridgehead atoms. The quantitative estimate of drug-likeness (QED) is 0.436. The molecule has 1 aromatic heterocycles. The minimum absolute atomic E-state index is 0. The van der Waals surface area contributed by atoms with Crippen LogP contribution in [-0.4, -0.2) is 47.9 Å². The van der Waals surface area contributed by atoms with Crippen molar-refractivity contribution in [2.24, 2.45) is 29.1 Å². The van der Waals surface area contributed by atoms with Gasteiger partial charge in [-0.05, 0) is 87.5 Å². The number of halogens is 1. The summed E-state index contributed by atoms with van der Waals surface area (Å²) in [5.74, 6) is -0.286. The number of aromatic nitrogens is 1. The highest BCUT2D eigenvalue weighted by Crippen LogP contribution is 2.72. The van der Waals surface area contributed by atoms with Crippen LogP contribution in [0.3, 0.4) is 0 Å². The van der Waals surface area contributed by atoms with Crippen LogP contribution in [0.1, 0.15) is 38.5 Å². The third-order valence-electron chi connectivity index (χ3n) is 8.44. The summed E-state index contributed by atoms with van der Waals surface area (Å²) < 4.78 is 5.37. The molecular weight excluding hydrogens is 452 g/mol. The van der Waals surface area contributed by atoms with Crippen molar-refractivity contribution in [2.45, 2.75) is 38.5 Å². The second-order valence-electron chi connectivity index (χ2n) is 10.3. The molecule has 3 fully saturated rings. The van der Waals surface area contributed by atoms with Gasteiger partial charge in [0.1, 0.15) is 5.52 Å². The first kappa shape index (κ1) is 23.4. The highest BCUT2D eigenvalue weighted by atomic mass is 35.5. The van der Waals surface area contributed by atoms with Gasteiger partial charge in [-0.1, -0.05) is 12.2 Å². The van der Waals surface area contributed by atoms with Gasteiger partial charge in [0.05, 0.1) is 11.8 Å². The molecule has 34 heavy (non-hydrogen) atoms. The van der Waals surface area contributed by atoms with Crippen LogP contribution < -0.4 is 10.6 Å². The Morgan fingerprint density at radius 1 is 1.06 bits per heavy atom. The minimum Gasteiger partial charge on any atom is -0.443 e. The molecule has 4 atom stereocenters. The Balaban J connectivity index is 0.00000241. The SMILES string of the molecule is Cl.O=C(NCCCCN1CCCC1)[C@H]1[C@H](C(=O)Nc2ccc3ncoc3c2)[C@@H]2C=C[C@H]1C21CC1. The Labute approximate surface area is 206 Å². The Morgan fingerprint density at radius 2 is 1.79 bits per heavy atom. The number of rotatable bonds is 8. The van der Waals surface area contributed by atoms with E-state index in [2.05, 4.69) is 32.7 Å². The van der Waals surface area contributed by atoms with E-state index in [1.807, 2.05) is 12.1 Å². The summed E-state index contributed by atoms with van der Waals surface area (Å²) in [7, 11) is 0. The maximum atomic E-state index is 13.5. The summed E-state index contributed by atoms with van der Waals surface area (Å²) >= 11 is 0. The van der Waals surface area contributed by atoms with Crippen LogP contribution in [0.4, 0.5) is 5.69 Å². The highest BCUT2D eigenvalue weighted by molar-refractivity contribution is 5.98. The van der Waals surface area contributed by atoms with E-state index in [4.69, 9.17) is 4.42 Å². The van der Waals surface area contributed by atoms with Crippen LogP contribution in [0, 0.1) is 29.1 Å². The third kappa shape index (κ3) is 4.03. The highest BCUT2D eigenvalue weighted by Gasteiger charge is 2.69. The molecule has 0 unspecified atom stereocenters. The van der Waals surface area contributed by atoms with Crippen molar-refractivity contribution in [2.75, 3.05) is 31.5 Å². The van der Waals surface area contributed by atoms with Gasteiger partial charge in [0.15, 0.2) is 12.0 Å². The summed E-state index contributed by atoms with van der Waals surface area (Å²) in [6, 6.07) is 5.48. The van der Waals surface area contributed by atoms with E-state index in [-0.39, 0.29) is 53.3 Å². The van der Waals surface area contributed by atoms with Crippen molar-refractivity contribution in [3.8, 4) is 0 Å². The molecule has 7 nitrogen and oxygen atoms in total. The van der Waals surface area contributed by atoms with Crippen molar-refractivity contribution in [3.05, 3.63) is 36.7 Å². The number of allylic oxidation sites excluding steroid dienone is 2. The molecule has 3 aliphatic carbocycles. The van der Waals surface area contributed by atoms with Gasteiger partial charge in [-0.25, -0.2) is 4.98 Å². The fraction of sp³-hybridized carbons (Fsp3) is 0.577. The molecule has 1 spiro atoms. The maximum Gasteiger partial charge on any atom is 0.228 e. The van der Waals surface area contributed by atoms with Crippen LogP contribution in [0.5, 0.6) is 0 Å². The van der Waals surface area contributed by atoms with Gasteiger partial charge in [0.2, 0.25) is 11.8 Å². The number of anilines is 1. The summed E-state index contributed by atoms with van der Waals surface area (Å²) in [5, 5.41) is 6.24. The zero-order valence-corrected chi connectivity index (χ0v) is 20.2. The molecule has 1 aromatic carbocycles. The van der Waals surface area contributed by atoms with Crippen LogP contribution in [-0.2, 0) is 9.59 Å². The number of likely N-dealkylation sites (tertiary alicyclic amines) is 1. The molecule has 6 rings (SSSR count). The van der Waals surface area contributed by atoms with Gasteiger partial charge in [-0.15, -0.1) is 12.4 Å². The van der Waals surface area contributed by atoms with Crippen LogP contribution in [0.25, 0.3) is 11.1 Å². The number of amides is 2. The molecule has 182 valence electrons. The third-order valence-corrected chi connectivity index (χ3v) is 8.44. The summed E-state index contributed by atoms with van der Waals surface area (Å²) in [5.41, 5.74) is 2.22. The first-order valence-corrected chi connectivity index (χ1v) is 12.5. The fourth-order valence-corrected chi connectivity index (χ4v) is 6.66. The predicted molar refractivity (Wildman–Crippen MR) is 133 cm³/mol. The number of hydrogen-bond acceptors (Lipinski definition) is 5. The first-order valence-electron chi connectivity index (χ1n) is 12.5. The zero-order chi connectivity index (χ0) is 22.4. The Bertz CT molecular complexity index is 1090. The summed E-state index contributed by atoms with van der Waals surface area (Å²) in [4.78, 5) is 33.4. The van der Waals surface area contributed by atoms with Gasteiger partial charge in [0, 0.05) is 18.3 Å². The summed E-state index contributed by atoms with van der Waals surface area (Å²) in [6.07, 6.45) is 12.7. The lowest BCUT2D eigenvalue weighted by Gasteiger charge is -2.26. The molecule has 2 N–H and O–H groups in total. The van der Waals surface area contributed by atoms with E-state index in [9.17, 15) is 9.59 Å². The van der Waals surface area contributed by atoms with E-state index < -0.39 is 0 Å². The maximum absolute atomic E-state index is 13.5. The Kier molecular flexibility index (Phi) is 6.42. The molecule has 8 heteroatoms. The van der Waals surface area contributed by atoms with Gasteiger partial charge in [0.25, 0.3) is 0 Å². The second kappa shape index (κ2) is 9.34. The number of carbonyl (C=O) groups is 2. The molecule has 2 amide bonds. The van der Waals surface area contributed by atoms with E-state index >= 15 is 0 Å². The van der Waals surface area contributed by atoms with E-state index in [1.165, 1.54) is 32.3 Å². The monoisotopic (exact) mass is 484 g/mol. The smallest absolute Gasteiger partial charge is 0.228 e. The number of carbonyl (C=O) groups excluding carboxylic acids is 2. The van der Waals surface area contributed by atoms with Crippen molar-refractivity contribution < 1.29 is 14.0 Å². The normalized spacial score (nSPS) is 28.4. The number of nitrogens with one attached hydrogen (secondary N) is 2. The average Bonchev–Trinajstić information content (AvgIpc) is 3.16. The molecule has 0 radical (unpaired) electrons. The molecule has 1 saturated heterocycles. The molecule has 1 aliphatic heterocycles. The van der Waals surface area contributed by atoms with Gasteiger partial charge in [-0.3, -0.25) is 9.59 Å².